The molecule has 0 amide bonds. The molecular weight excluding hydrogens is 198 g/mol. The second kappa shape index (κ2) is 6.46. The third-order valence-corrected chi connectivity index (χ3v) is 2.56. The van der Waals surface area contributed by atoms with E-state index in [-0.39, 0.29) is 0 Å². The smallest absolute Gasteiger partial charge is 0.168 e. The van der Waals surface area contributed by atoms with Crippen LogP contribution in [0.3, 0.4) is 0 Å². The zero-order valence-corrected chi connectivity index (χ0v) is 8.96. The predicted molar refractivity (Wildman–Crippen MR) is 55.1 cm³/mol. The Kier molecular flexibility index (Phi) is 5.12. The minimum Gasteiger partial charge on any atom is -0.385 e. The molecule has 1 aromatic heterocycles. The van der Waals surface area contributed by atoms with Gasteiger partial charge < -0.3 is 9.30 Å². The SMILES string of the molecule is COCCCn1ccnc1SCC#N. The summed E-state index contributed by atoms with van der Waals surface area (Å²) in [5, 5.41) is 9.35. The van der Waals surface area contributed by atoms with Crippen LogP contribution in [-0.2, 0) is 11.3 Å². The van der Waals surface area contributed by atoms with Gasteiger partial charge in [0.25, 0.3) is 0 Å². The number of hydrogen-bond donors (Lipinski definition) is 0. The van der Waals surface area contributed by atoms with Gasteiger partial charge in [-0.25, -0.2) is 4.98 Å². The quantitative estimate of drug-likeness (QED) is 0.529. The molecule has 14 heavy (non-hydrogen) atoms. The largest absolute Gasteiger partial charge is 0.385 e. The van der Waals surface area contributed by atoms with E-state index in [1.54, 1.807) is 13.3 Å². The third-order valence-electron chi connectivity index (χ3n) is 1.69. The van der Waals surface area contributed by atoms with E-state index in [1.807, 2.05) is 10.8 Å². The van der Waals surface area contributed by atoms with Crippen molar-refractivity contribution in [1.29, 1.82) is 5.26 Å². The molecule has 0 unspecified atom stereocenters. The van der Waals surface area contributed by atoms with E-state index in [9.17, 15) is 0 Å². The van der Waals surface area contributed by atoms with Crippen molar-refractivity contribution < 1.29 is 4.74 Å². The number of aromatic nitrogens is 2. The Hall–Kier alpha value is -0.990. The van der Waals surface area contributed by atoms with Crippen LogP contribution in [0.2, 0.25) is 0 Å². The number of hydrogen-bond acceptors (Lipinski definition) is 4. The van der Waals surface area contributed by atoms with Crippen molar-refractivity contribution in [2.75, 3.05) is 19.5 Å². The summed E-state index contributed by atoms with van der Waals surface area (Å²) < 4.78 is 7.01. The number of ether oxygens (including phenoxy) is 1. The lowest BCUT2D eigenvalue weighted by Gasteiger charge is -2.04. The van der Waals surface area contributed by atoms with Crippen molar-refractivity contribution in [2.45, 2.75) is 18.1 Å². The summed E-state index contributed by atoms with van der Waals surface area (Å²) in [4.78, 5) is 4.17. The zero-order valence-electron chi connectivity index (χ0n) is 8.14. The summed E-state index contributed by atoms with van der Waals surface area (Å²) in [5.41, 5.74) is 0. The average molecular weight is 211 g/mol. The van der Waals surface area contributed by atoms with Gasteiger partial charge in [0, 0.05) is 32.7 Å². The van der Waals surface area contributed by atoms with Crippen LogP contribution in [0.25, 0.3) is 0 Å². The van der Waals surface area contributed by atoms with Crippen molar-refractivity contribution in [2.24, 2.45) is 0 Å². The highest BCUT2D eigenvalue weighted by atomic mass is 32.2. The summed E-state index contributed by atoms with van der Waals surface area (Å²) in [6.45, 7) is 1.64. The number of aryl methyl sites for hydroxylation is 1. The molecule has 0 atom stereocenters. The second-order valence-electron chi connectivity index (χ2n) is 2.70. The topological polar surface area (TPSA) is 50.8 Å². The molecule has 1 aromatic rings. The number of methoxy groups -OCH3 is 1. The highest BCUT2D eigenvalue weighted by Gasteiger charge is 2.01. The lowest BCUT2D eigenvalue weighted by Crippen LogP contribution is -2.01. The van der Waals surface area contributed by atoms with Gasteiger partial charge in [0.1, 0.15) is 0 Å². The van der Waals surface area contributed by atoms with Gasteiger partial charge in [0.05, 0.1) is 11.8 Å². The lowest BCUT2D eigenvalue weighted by molar-refractivity contribution is 0.189. The maximum atomic E-state index is 8.44. The fourth-order valence-electron chi connectivity index (χ4n) is 1.08. The molecule has 0 aliphatic heterocycles. The molecule has 5 heteroatoms. The van der Waals surface area contributed by atoms with Crippen LogP contribution in [0.1, 0.15) is 6.42 Å². The Balaban J connectivity index is 2.42. The second-order valence-corrected chi connectivity index (χ2v) is 3.64. The molecule has 0 spiro atoms. The van der Waals surface area contributed by atoms with Crippen molar-refractivity contribution in [3.05, 3.63) is 12.4 Å². The zero-order chi connectivity index (χ0) is 10.2. The molecule has 1 heterocycles. The van der Waals surface area contributed by atoms with Crippen molar-refractivity contribution in [3.63, 3.8) is 0 Å². The maximum absolute atomic E-state index is 8.44. The molecule has 0 saturated carbocycles. The maximum Gasteiger partial charge on any atom is 0.168 e. The molecule has 0 aliphatic rings. The fourth-order valence-corrected chi connectivity index (χ4v) is 1.73. The Morgan fingerprint density at radius 2 is 2.57 bits per heavy atom. The molecule has 0 aliphatic carbocycles. The van der Waals surface area contributed by atoms with E-state index < -0.39 is 0 Å². The molecule has 0 saturated heterocycles. The first kappa shape index (κ1) is 11.1. The summed E-state index contributed by atoms with van der Waals surface area (Å²) in [5.74, 6) is 0.446. The summed E-state index contributed by atoms with van der Waals surface area (Å²) in [7, 11) is 1.69. The van der Waals surface area contributed by atoms with Gasteiger partial charge in [-0.2, -0.15) is 5.26 Å². The normalized spacial score (nSPS) is 10.0. The van der Waals surface area contributed by atoms with Gasteiger partial charge >= 0.3 is 0 Å². The Morgan fingerprint density at radius 3 is 3.29 bits per heavy atom. The summed E-state index contributed by atoms with van der Waals surface area (Å²) in [6.07, 6.45) is 4.65. The molecule has 0 aromatic carbocycles. The van der Waals surface area contributed by atoms with E-state index in [1.165, 1.54) is 11.8 Å². The van der Waals surface area contributed by atoms with E-state index in [0.717, 1.165) is 24.7 Å². The Bertz CT molecular complexity index is 305. The van der Waals surface area contributed by atoms with E-state index in [2.05, 4.69) is 11.1 Å². The average Bonchev–Trinajstić information content (AvgIpc) is 2.63. The first-order chi connectivity index (χ1) is 6.88. The minimum atomic E-state index is 0.446. The van der Waals surface area contributed by atoms with Crippen LogP contribution < -0.4 is 0 Å². The van der Waals surface area contributed by atoms with E-state index in [4.69, 9.17) is 10.00 Å². The highest BCUT2D eigenvalue weighted by molar-refractivity contribution is 7.99. The molecular formula is C9H13N3OS. The molecule has 4 nitrogen and oxygen atoms in total. The fraction of sp³-hybridized carbons (Fsp3) is 0.556. The van der Waals surface area contributed by atoms with Gasteiger partial charge in [0.2, 0.25) is 0 Å². The predicted octanol–water partition coefficient (Wildman–Crippen LogP) is 1.54. The van der Waals surface area contributed by atoms with E-state index in [0.29, 0.717) is 5.75 Å². The van der Waals surface area contributed by atoms with Crippen molar-refractivity contribution in [1.82, 2.24) is 9.55 Å². The molecule has 76 valence electrons. The van der Waals surface area contributed by atoms with Crippen molar-refractivity contribution >= 4 is 11.8 Å². The van der Waals surface area contributed by atoms with Crippen LogP contribution in [0.4, 0.5) is 0 Å². The van der Waals surface area contributed by atoms with E-state index >= 15 is 0 Å². The number of thioether (sulfide) groups is 1. The number of imidazole rings is 1. The Morgan fingerprint density at radius 1 is 1.71 bits per heavy atom. The first-order valence-electron chi connectivity index (χ1n) is 4.38. The number of nitriles is 1. The van der Waals surface area contributed by atoms with Gasteiger partial charge in [-0.3, -0.25) is 0 Å². The van der Waals surface area contributed by atoms with Gasteiger partial charge in [0.15, 0.2) is 5.16 Å². The first-order valence-corrected chi connectivity index (χ1v) is 5.37. The standard InChI is InChI=1S/C9H13N3OS/c1-13-7-2-5-12-6-4-11-9(12)14-8-3-10/h4,6H,2,5,7-8H2,1H3. The van der Waals surface area contributed by atoms with Crippen LogP contribution in [0, 0.1) is 11.3 Å². The Labute approximate surface area is 87.9 Å². The number of nitrogens with zero attached hydrogens (tertiary/aromatic N) is 3. The lowest BCUT2D eigenvalue weighted by atomic mass is 10.4. The van der Waals surface area contributed by atoms with Crippen LogP contribution in [-0.4, -0.2) is 29.0 Å². The summed E-state index contributed by atoms with van der Waals surface area (Å²) in [6, 6.07) is 2.09. The van der Waals surface area contributed by atoms with Crippen LogP contribution in [0.5, 0.6) is 0 Å². The monoisotopic (exact) mass is 211 g/mol. The minimum absolute atomic E-state index is 0.446. The van der Waals surface area contributed by atoms with Gasteiger partial charge in [-0.1, -0.05) is 11.8 Å². The summed E-state index contributed by atoms with van der Waals surface area (Å²) >= 11 is 1.46. The molecule has 0 radical (unpaired) electrons. The van der Waals surface area contributed by atoms with Gasteiger partial charge in [-0.15, -0.1) is 0 Å². The molecule has 0 bridgehead atoms. The van der Waals surface area contributed by atoms with Gasteiger partial charge in [-0.05, 0) is 6.42 Å². The molecule has 1 rings (SSSR count). The molecule has 0 N–H and O–H groups in total. The van der Waals surface area contributed by atoms with Crippen LogP contribution >= 0.6 is 11.8 Å². The van der Waals surface area contributed by atoms with Crippen molar-refractivity contribution in [3.8, 4) is 6.07 Å². The highest BCUT2D eigenvalue weighted by Crippen LogP contribution is 2.14. The third kappa shape index (κ3) is 3.40. The molecule has 0 fully saturated rings. The van der Waals surface area contributed by atoms with Crippen LogP contribution in [0.15, 0.2) is 17.6 Å². The number of rotatable bonds is 6.